The largest absolute Gasteiger partial charge is 0.290 e. The van der Waals surface area contributed by atoms with Gasteiger partial charge in [0.1, 0.15) is 0 Å². The van der Waals surface area contributed by atoms with Crippen molar-refractivity contribution in [3.05, 3.63) is 23.8 Å². The lowest BCUT2D eigenvalue weighted by molar-refractivity contribution is 0.476. The minimum Gasteiger partial charge on any atom is -0.290 e. The topological polar surface area (TPSA) is 12.4 Å². The molecule has 1 aliphatic heterocycles. The minimum absolute atomic E-state index is 0.500. The number of aliphatic imine (C=N–C) groups is 1. The lowest BCUT2D eigenvalue weighted by Gasteiger charge is -2.26. The maximum Gasteiger partial charge on any atom is 0.0540 e. The normalized spacial score (nSPS) is 34.8. The van der Waals surface area contributed by atoms with Crippen LogP contribution >= 0.6 is 0 Å². The van der Waals surface area contributed by atoms with Crippen molar-refractivity contribution in [2.24, 2.45) is 10.9 Å². The summed E-state index contributed by atoms with van der Waals surface area (Å²) in [5.41, 5.74) is 1.47. The van der Waals surface area contributed by atoms with Gasteiger partial charge in [0.05, 0.1) is 6.04 Å². The van der Waals surface area contributed by atoms with E-state index in [4.69, 9.17) is 0 Å². The van der Waals surface area contributed by atoms with E-state index in [1.54, 1.807) is 0 Å². The fourth-order valence-corrected chi connectivity index (χ4v) is 1.85. The summed E-state index contributed by atoms with van der Waals surface area (Å²) in [7, 11) is 0. The van der Waals surface area contributed by atoms with E-state index in [-0.39, 0.29) is 0 Å². The first kappa shape index (κ1) is 6.84. The summed E-state index contributed by atoms with van der Waals surface area (Å²) < 4.78 is 0. The van der Waals surface area contributed by atoms with Gasteiger partial charge < -0.3 is 0 Å². The van der Waals surface area contributed by atoms with Gasteiger partial charge in [-0.05, 0) is 31.4 Å². The number of nitrogens with zero attached hydrogens (tertiary/aromatic N) is 1. The molecular formula is C10H13N. The van der Waals surface area contributed by atoms with Crippen LogP contribution in [0.25, 0.3) is 0 Å². The summed E-state index contributed by atoms with van der Waals surface area (Å²) in [5.74, 6) is 0.699. The van der Waals surface area contributed by atoms with E-state index in [2.05, 4.69) is 30.1 Å². The van der Waals surface area contributed by atoms with Gasteiger partial charge in [0.25, 0.3) is 0 Å². The van der Waals surface area contributed by atoms with Crippen LogP contribution in [0.3, 0.4) is 0 Å². The van der Waals surface area contributed by atoms with Crippen molar-refractivity contribution in [1.29, 1.82) is 0 Å². The van der Waals surface area contributed by atoms with Crippen LogP contribution in [0.2, 0.25) is 0 Å². The lowest BCUT2D eigenvalue weighted by Crippen LogP contribution is -2.21. The van der Waals surface area contributed by atoms with Crippen LogP contribution in [0.4, 0.5) is 0 Å². The summed E-state index contributed by atoms with van der Waals surface area (Å²) in [6.45, 7) is 2.20. The molecule has 58 valence electrons. The average Bonchev–Trinajstić information content (AvgIpc) is 2.06. The predicted octanol–water partition coefficient (Wildman–Crippen LogP) is 2.35. The Morgan fingerprint density at radius 2 is 2.45 bits per heavy atom. The molecule has 0 bridgehead atoms. The van der Waals surface area contributed by atoms with E-state index in [1.165, 1.54) is 18.4 Å². The highest BCUT2D eigenvalue weighted by atomic mass is 14.8. The highest BCUT2D eigenvalue weighted by molar-refractivity contribution is 5.75. The van der Waals surface area contributed by atoms with E-state index < -0.39 is 0 Å². The number of hydrogen-bond donors (Lipinski definition) is 0. The first-order valence-electron chi connectivity index (χ1n) is 4.28. The Kier molecular flexibility index (Phi) is 1.65. The molecule has 1 heteroatoms. The molecular weight excluding hydrogens is 134 g/mol. The van der Waals surface area contributed by atoms with Crippen LogP contribution in [0.15, 0.2) is 28.8 Å². The van der Waals surface area contributed by atoms with Gasteiger partial charge >= 0.3 is 0 Å². The van der Waals surface area contributed by atoms with Crippen molar-refractivity contribution in [2.75, 3.05) is 0 Å². The maximum absolute atomic E-state index is 4.38. The molecule has 2 atom stereocenters. The zero-order valence-corrected chi connectivity index (χ0v) is 6.83. The smallest absolute Gasteiger partial charge is 0.0540 e. The van der Waals surface area contributed by atoms with E-state index in [0.717, 1.165) is 0 Å². The van der Waals surface area contributed by atoms with Gasteiger partial charge in [0.2, 0.25) is 0 Å². The molecule has 2 rings (SSSR count). The zero-order valence-electron chi connectivity index (χ0n) is 6.83. The number of dihydropyridines is 1. The third-order valence-electron chi connectivity index (χ3n) is 2.55. The third kappa shape index (κ3) is 1.15. The molecule has 1 unspecified atom stereocenters. The Bertz CT molecular complexity index is 235. The minimum atomic E-state index is 0.500. The van der Waals surface area contributed by atoms with Crippen LogP contribution in [-0.4, -0.2) is 12.3 Å². The molecule has 0 amide bonds. The van der Waals surface area contributed by atoms with Crippen LogP contribution in [-0.2, 0) is 0 Å². The molecule has 1 heterocycles. The molecule has 2 aliphatic rings. The Morgan fingerprint density at radius 3 is 3.27 bits per heavy atom. The van der Waals surface area contributed by atoms with Crippen LogP contribution in [0, 0.1) is 5.92 Å². The second kappa shape index (κ2) is 2.65. The molecule has 0 radical (unpaired) electrons. The van der Waals surface area contributed by atoms with Crippen molar-refractivity contribution in [3.8, 4) is 0 Å². The molecule has 0 aromatic rings. The van der Waals surface area contributed by atoms with E-state index in [0.29, 0.717) is 12.0 Å². The summed E-state index contributed by atoms with van der Waals surface area (Å²) in [6.07, 6.45) is 11.1. The van der Waals surface area contributed by atoms with Crippen molar-refractivity contribution in [1.82, 2.24) is 0 Å². The Labute approximate surface area is 67.5 Å². The molecule has 0 saturated carbocycles. The van der Waals surface area contributed by atoms with Gasteiger partial charge in [-0.3, -0.25) is 4.99 Å². The fourth-order valence-electron chi connectivity index (χ4n) is 1.85. The van der Waals surface area contributed by atoms with Crippen LogP contribution in [0.5, 0.6) is 0 Å². The van der Waals surface area contributed by atoms with Crippen molar-refractivity contribution in [2.45, 2.75) is 25.8 Å². The van der Waals surface area contributed by atoms with Gasteiger partial charge in [-0.1, -0.05) is 12.2 Å². The summed E-state index contributed by atoms with van der Waals surface area (Å²) in [5, 5.41) is 0. The molecule has 1 aliphatic carbocycles. The van der Waals surface area contributed by atoms with E-state index in [1.807, 2.05) is 6.21 Å². The number of hydrogen-bond acceptors (Lipinski definition) is 1. The van der Waals surface area contributed by atoms with Crippen LogP contribution < -0.4 is 0 Å². The molecule has 0 aromatic heterocycles. The Hall–Kier alpha value is -0.850. The maximum atomic E-state index is 4.38. The van der Waals surface area contributed by atoms with Gasteiger partial charge in [-0.2, -0.15) is 0 Å². The number of fused-ring (bicyclic) bond motifs is 1. The first-order valence-corrected chi connectivity index (χ1v) is 4.28. The van der Waals surface area contributed by atoms with Gasteiger partial charge in [-0.15, -0.1) is 0 Å². The highest BCUT2D eigenvalue weighted by Crippen LogP contribution is 2.29. The summed E-state index contributed by atoms with van der Waals surface area (Å²) >= 11 is 0. The molecule has 0 saturated heterocycles. The molecule has 0 N–H and O–H groups in total. The van der Waals surface area contributed by atoms with Gasteiger partial charge in [0.15, 0.2) is 0 Å². The van der Waals surface area contributed by atoms with E-state index in [9.17, 15) is 0 Å². The zero-order chi connectivity index (χ0) is 7.68. The summed E-state index contributed by atoms with van der Waals surface area (Å²) in [4.78, 5) is 4.38. The van der Waals surface area contributed by atoms with Crippen molar-refractivity contribution in [3.63, 3.8) is 0 Å². The van der Waals surface area contributed by atoms with Crippen LogP contribution in [0.1, 0.15) is 19.8 Å². The number of allylic oxidation sites excluding steroid dienone is 3. The lowest BCUT2D eigenvalue weighted by atomic mass is 9.83. The highest BCUT2D eigenvalue weighted by Gasteiger charge is 2.22. The van der Waals surface area contributed by atoms with Crippen molar-refractivity contribution >= 4 is 6.21 Å². The van der Waals surface area contributed by atoms with E-state index >= 15 is 0 Å². The van der Waals surface area contributed by atoms with Gasteiger partial charge in [-0.25, -0.2) is 0 Å². The monoisotopic (exact) mass is 147 g/mol. The fraction of sp³-hybridized carbons (Fsp3) is 0.500. The first-order chi connectivity index (χ1) is 5.38. The Balaban J connectivity index is 2.29. The second-order valence-electron chi connectivity index (χ2n) is 3.29. The average molecular weight is 147 g/mol. The second-order valence-corrected chi connectivity index (χ2v) is 3.29. The van der Waals surface area contributed by atoms with Gasteiger partial charge in [0, 0.05) is 12.1 Å². The quantitative estimate of drug-likeness (QED) is 0.498. The predicted molar refractivity (Wildman–Crippen MR) is 47.9 cm³/mol. The molecule has 0 aromatic carbocycles. The number of rotatable bonds is 0. The Morgan fingerprint density at radius 1 is 1.55 bits per heavy atom. The molecule has 11 heavy (non-hydrogen) atoms. The van der Waals surface area contributed by atoms with Crippen molar-refractivity contribution < 1.29 is 0 Å². The summed E-state index contributed by atoms with van der Waals surface area (Å²) in [6, 6.07) is 0.500. The third-order valence-corrected chi connectivity index (χ3v) is 2.55. The molecule has 0 spiro atoms. The molecule has 1 nitrogen and oxygen atoms in total. The SMILES string of the molecule is C[C@@H]1N=CC=C2C=CCCC21. The standard InChI is InChI=1S/C10H13N/c1-8-10-5-3-2-4-9(10)6-7-11-8/h2,4,6-8,10H,3,5H2,1H3/t8-,10?/m0/s1. The molecule has 0 fully saturated rings.